The third kappa shape index (κ3) is 4.63. The number of rotatable bonds is 4. The molecule has 0 aliphatic carbocycles. The molecule has 4 nitrogen and oxygen atoms in total. The molecule has 138 valence electrons. The molecule has 1 heterocycles. The number of nitriles is 1. The summed E-state index contributed by atoms with van der Waals surface area (Å²) in [4.78, 5) is 12.9. The Morgan fingerprint density at radius 3 is 2.46 bits per heavy atom. The SMILES string of the molecule is CCSC1=C(C#N)[C@@H](c2ccc(Cl)cc2)C(C(=O)OC(C)(C)C)=C(C)N1. The van der Waals surface area contributed by atoms with Crippen LogP contribution in [0.5, 0.6) is 0 Å². The number of benzene rings is 1. The second kappa shape index (κ2) is 8.20. The van der Waals surface area contributed by atoms with Gasteiger partial charge in [-0.1, -0.05) is 30.7 Å². The Bertz CT molecular complexity index is 799. The largest absolute Gasteiger partial charge is 0.457 e. The van der Waals surface area contributed by atoms with Crippen molar-refractivity contribution in [2.45, 2.75) is 46.1 Å². The van der Waals surface area contributed by atoms with E-state index in [4.69, 9.17) is 16.3 Å². The molecule has 0 unspecified atom stereocenters. The van der Waals surface area contributed by atoms with E-state index in [1.807, 2.05) is 46.8 Å². The van der Waals surface area contributed by atoms with Crippen molar-refractivity contribution in [1.82, 2.24) is 5.32 Å². The van der Waals surface area contributed by atoms with Crippen LogP contribution < -0.4 is 5.32 Å². The molecular formula is C20H23ClN2O2S. The van der Waals surface area contributed by atoms with Crippen LogP contribution in [0.4, 0.5) is 0 Å². The van der Waals surface area contributed by atoms with Crippen LogP contribution in [0.2, 0.25) is 5.02 Å². The molecule has 1 atom stereocenters. The quantitative estimate of drug-likeness (QED) is 0.722. The minimum atomic E-state index is -0.621. The van der Waals surface area contributed by atoms with Gasteiger partial charge < -0.3 is 10.1 Å². The molecule has 26 heavy (non-hydrogen) atoms. The number of nitrogens with zero attached hydrogens (tertiary/aromatic N) is 1. The van der Waals surface area contributed by atoms with Crippen LogP contribution in [-0.4, -0.2) is 17.3 Å². The molecule has 0 aromatic heterocycles. The van der Waals surface area contributed by atoms with Gasteiger partial charge in [0.2, 0.25) is 0 Å². The van der Waals surface area contributed by atoms with Gasteiger partial charge in [0.05, 0.1) is 28.2 Å². The zero-order valence-electron chi connectivity index (χ0n) is 15.6. The summed E-state index contributed by atoms with van der Waals surface area (Å²) in [5.74, 6) is -0.0891. The zero-order valence-corrected chi connectivity index (χ0v) is 17.2. The first-order chi connectivity index (χ1) is 12.2. The molecule has 0 spiro atoms. The minimum absolute atomic E-state index is 0.421. The van der Waals surface area contributed by atoms with E-state index < -0.39 is 17.5 Å². The van der Waals surface area contributed by atoms with E-state index >= 15 is 0 Å². The van der Waals surface area contributed by atoms with Gasteiger partial charge >= 0.3 is 5.97 Å². The first kappa shape index (κ1) is 20.4. The zero-order chi connectivity index (χ0) is 19.5. The van der Waals surface area contributed by atoms with Crippen LogP contribution in [0, 0.1) is 11.3 Å². The number of hydrogen-bond donors (Lipinski definition) is 1. The molecule has 2 rings (SSSR count). The number of halogens is 1. The van der Waals surface area contributed by atoms with E-state index in [0.29, 0.717) is 21.9 Å². The van der Waals surface area contributed by atoms with Gasteiger partial charge in [-0.3, -0.25) is 0 Å². The molecule has 0 fully saturated rings. The first-order valence-electron chi connectivity index (χ1n) is 8.41. The minimum Gasteiger partial charge on any atom is -0.457 e. The Labute approximate surface area is 164 Å². The Balaban J connectivity index is 2.60. The van der Waals surface area contributed by atoms with Gasteiger partial charge in [0, 0.05) is 10.7 Å². The lowest BCUT2D eigenvalue weighted by Crippen LogP contribution is -2.32. The van der Waals surface area contributed by atoms with Crippen molar-refractivity contribution in [2.75, 3.05) is 5.75 Å². The fraction of sp³-hybridized carbons (Fsp3) is 0.400. The smallest absolute Gasteiger partial charge is 0.337 e. The second-order valence-corrected chi connectivity index (χ2v) is 8.65. The van der Waals surface area contributed by atoms with Crippen molar-refractivity contribution in [1.29, 1.82) is 5.26 Å². The first-order valence-corrected chi connectivity index (χ1v) is 9.78. The molecule has 0 radical (unpaired) electrons. The summed E-state index contributed by atoms with van der Waals surface area (Å²) < 4.78 is 5.61. The molecule has 1 N–H and O–H groups in total. The summed E-state index contributed by atoms with van der Waals surface area (Å²) in [6, 6.07) is 9.52. The number of esters is 1. The van der Waals surface area contributed by atoms with E-state index in [-0.39, 0.29) is 0 Å². The Morgan fingerprint density at radius 1 is 1.35 bits per heavy atom. The standard InChI is InChI=1S/C20H23ClN2O2S/c1-6-26-18-15(11-22)17(13-7-9-14(21)10-8-13)16(12(2)23-18)19(24)25-20(3,4)5/h7-10,17,23H,6H2,1-5H3/t17-/m1/s1. The summed E-state index contributed by atoms with van der Waals surface area (Å²) >= 11 is 7.57. The number of carbonyl (C=O) groups excluding carboxylic acids is 1. The normalized spacial score (nSPS) is 17.7. The Morgan fingerprint density at radius 2 is 1.96 bits per heavy atom. The summed E-state index contributed by atoms with van der Waals surface area (Å²) in [5.41, 5.74) is 1.89. The highest BCUT2D eigenvalue weighted by Gasteiger charge is 2.36. The number of allylic oxidation sites excluding steroid dienone is 2. The van der Waals surface area contributed by atoms with Gasteiger partial charge in [0.25, 0.3) is 0 Å². The topological polar surface area (TPSA) is 62.1 Å². The van der Waals surface area contributed by atoms with Crippen molar-refractivity contribution < 1.29 is 9.53 Å². The van der Waals surface area contributed by atoms with Crippen LogP contribution in [-0.2, 0) is 9.53 Å². The molecule has 1 aliphatic rings. The van der Waals surface area contributed by atoms with Crippen molar-refractivity contribution in [3.05, 3.63) is 56.7 Å². The highest BCUT2D eigenvalue weighted by atomic mass is 35.5. The molecule has 0 saturated heterocycles. The van der Waals surface area contributed by atoms with Gasteiger partial charge in [-0.15, -0.1) is 11.8 Å². The Kier molecular flexibility index (Phi) is 6.44. The fourth-order valence-electron chi connectivity index (χ4n) is 2.76. The molecule has 6 heteroatoms. The summed E-state index contributed by atoms with van der Waals surface area (Å²) in [6.45, 7) is 9.34. The van der Waals surface area contributed by atoms with Gasteiger partial charge in [0.1, 0.15) is 5.60 Å². The molecule has 0 saturated carbocycles. The van der Waals surface area contributed by atoms with E-state index in [1.165, 1.54) is 0 Å². The number of nitrogens with one attached hydrogen (secondary N) is 1. The van der Waals surface area contributed by atoms with Gasteiger partial charge in [-0.25, -0.2) is 4.79 Å². The number of hydrogen-bond acceptors (Lipinski definition) is 5. The molecule has 1 aromatic carbocycles. The lowest BCUT2D eigenvalue weighted by atomic mass is 9.82. The predicted molar refractivity (Wildman–Crippen MR) is 107 cm³/mol. The maximum Gasteiger partial charge on any atom is 0.337 e. The number of ether oxygens (including phenoxy) is 1. The van der Waals surface area contributed by atoms with Crippen LogP contribution in [0.3, 0.4) is 0 Å². The average Bonchev–Trinajstić information content (AvgIpc) is 2.53. The van der Waals surface area contributed by atoms with E-state index in [1.54, 1.807) is 23.9 Å². The lowest BCUT2D eigenvalue weighted by molar-refractivity contribution is -0.150. The molecule has 1 aromatic rings. The Hall–Kier alpha value is -1.90. The highest BCUT2D eigenvalue weighted by Crippen LogP contribution is 2.41. The fourth-order valence-corrected chi connectivity index (χ4v) is 3.72. The third-order valence-electron chi connectivity index (χ3n) is 3.76. The third-order valence-corrected chi connectivity index (χ3v) is 4.91. The summed E-state index contributed by atoms with van der Waals surface area (Å²) in [5, 5.41) is 14.4. The molecule has 0 bridgehead atoms. The summed E-state index contributed by atoms with van der Waals surface area (Å²) in [6.07, 6.45) is 0. The second-order valence-electron chi connectivity index (χ2n) is 6.94. The highest BCUT2D eigenvalue weighted by molar-refractivity contribution is 8.03. The molecule has 1 aliphatic heterocycles. The van der Waals surface area contributed by atoms with Gasteiger partial charge in [-0.2, -0.15) is 5.26 Å². The van der Waals surface area contributed by atoms with Crippen molar-refractivity contribution in [3.63, 3.8) is 0 Å². The van der Waals surface area contributed by atoms with Crippen molar-refractivity contribution >= 4 is 29.3 Å². The lowest BCUT2D eigenvalue weighted by Gasteiger charge is -2.31. The van der Waals surface area contributed by atoms with Crippen LogP contribution in [0.25, 0.3) is 0 Å². The molecule has 0 amide bonds. The average molecular weight is 391 g/mol. The van der Waals surface area contributed by atoms with Gasteiger partial charge in [-0.05, 0) is 51.1 Å². The monoisotopic (exact) mass is 390 g/mol. The van der Waals surface area contributed by atoms with E-state index in [9.17, 15) is 10.1 Å². The molecular weight excluding hydrogens is 368 g/mol. The van der Waals surface area contributed by atoms with E-state index in [2.05, 4.69) is 11.4 Å². The van der Waals surface area contributed by atoms with Crippen molar-refractivity contribution in [3.8, 4) is 6.07 Å². The number of dihydropyridines is 1. The maximum atomic E-state index is 12.9. The van der Waals surface area contributed by atoms with Crippen LogP contribution in [0.15, 0.2) is 46.1 Å². The van der Waals surface area contributed by atoms with Crippen LogP contribution >= 0.6 is 23.4 Å². The van der Waals surface area contributed by atoms with Gasteiger partial charge in [0.15, 0.2) is 0 Å². The van der Waals surface area contributed by atoms with E-state index in [0.717, 1.165) is 16.3 Å². The number of carbonyl (C=O) groups is 1. The predicted octanol–water partition coefficient (Wildman–Crippen LogP) is 5.13. The van der Waals surface area contributed by atoms with Crippen LogP contribution in [0.1, 0.15) is 46.1 Å². The summed E-state index contributed by atoms with van der Waals surface area (Å²) in [7, 11) is 0. The number of thioether (sulfide) groups is 1. The maximum absolute atomic E-state index is 12.9. The van der Waals surface area contributed by atoms with Crippen molar-refractivity contribution in [2.24, 2.45) is 0 Å².